The summed E-state index contributed by atoms with van der Waals surface area (Å²) < 4.78 is 0. The standard InChI is InChI=1S/C27H42N4O4/c1-20(32)30-16-13-27(14-17-30)12-5-4-8-22-19-31(25(34)10-9-21-6-2-3-7-21)15-11-23(22)29-24(33)18-28-26(27)35/h4-5,21-23H,2-3,6-19H2,1H3,(H,28,35)(H,29,33)/b5-4+/t22-,23+/m0/s1. The average molecular weight is 487 g/mol. The Morgan fingerprint density at radius 3 is 2.49 bits per heavy atom. The Morgan fingerprint density at radius 1 is 1.03 bits per heavy atom. The first-order chi connectivity index (χ1) is 16.9. The number of likely N-dealkylation sites (tertiary alicyclic amines) is 2. The molecule has 3 heterocycles. The van der Waals surface area contributed by atoms with Crippen LogP contribution in [-0.4, -0.2) is 72.2 Å². The van der Waals surface area contributed by atoms with Gasteiger partial charge in [-0.3, -0.25) is 19.2 Å². The number of hydrogen-bond donors (Lipinski definition) is 2. The number of rotatable bonds is 3. The van der Waals surface area contributed by atoms with Gasteiger partial charge in [-0.05, 0) is 44.4 Å². The van der Waals surface area contributed by atoms with Crippen molar-refractivity contribution in [3.8, 4) is 0 Å². The SMILES string of the molecule is CC(=O)N1CCC2(C/C=C/C[C@H]3CN(C(=O)CCC4CCCC4)CC[C@H]3NC(=O)CNC2=O)CC1. The number of carbonyl (C=O) groups excluding carboxylic acids is 4. The summed E-state index contributed by atoms with van der Waals surface area (Å²) in [6, 6.07) is 0.00938. The molecule has 0 unspecified atom stereocenters. The van der Waals surface area contributed by atoms with Crippen molar-refractivity contribution in [2.75, 3.05) is 32.7 Å². The molecule has 8 heteroatoms. The number of amides is 4. The molecule has 2 saturated heterocycles. The molecule has 0 aromatic carbocycles. The summed E-state index contributed by atoms with van der Waals surface area (Å²) in [6.07, 6.45) is 14.3. The molecule has 1 saturated carbocycles. The number of hydrogen-bond acceptors (Lipinski definition) is 4. The fourth-order valence-electron chi connectivity index (χ4n) is 6.43. The van der Waals surface area contributed by atoms with Gasteiger partial charge in [-0.1, -0.05) is 37.8 Å². The van der Waals surface area contributed by atoms with Crippen LogP contribution in [0.1, 0.15) is 77.6 Å². The van der Waals surface area contributed by atoms with E-state index in [0.29, 0.717) is 57.8 Å². The first kappa shape index (κ1) is 25.7. The highest BCUT2D eigenvalue weighted by molar-refractivity contribution is 5.88. The normalized spacial score (nSPS) is 28.9. The zero-order valence-corrected chi connectivity index (χ0v) is 21.2. The van der Waals surface area contributed by atoms with Gasteiger partial charge in [-0.2, -0.15) is 0 Å². The van der Waals surface area contributed by atoms with Gasteiger partial charge in [0.1, 0.15) is 0 Å². The van der Waals surface area contributed by atoms with E-state index in [1.807, 2.05) is 4.90 Å². The van der Waals surface area contributed by atoms with E-state index >= 15 is 0 Å². The number of carbonyl (C=O) groups is 4. The second kappa shape index (κ2) is 11.6. The van der Waals surface area contributed by atoms with Crippen molar-refractivity contribution in [3.05, 3.63) is 12.2 Å². The highest BCUT2D eigenvalue weighted by atomic mass is 16.2. The summed E-state index contributed by atoms with van der Waals surface area (Å²) in [6.45, 7) is 4.00. The van der Waals surface area contributed by atoms with E-state index in [0.717, 1.165) is 19.3 Å². The summed E-state index contributed by atoms with van der Waals surface area (Å²) in [7, 11) is 0. The third-order valence-electron chi connectivity index (χ3n) is 8.85. The number of nitrogens with zero attached hydrogens (tertiary/aromatic N) is 2. The first-order valence-electron chi connectivity index (χ1n) is 13.6. The topological polar surface area (TPSA) is 98.8 Å². The van der Waals surface area contributed by atoms with Crippen molar-refractivity contribution in [2.24, 2.45) is 17.3 Å². The average Bonchev–Trinajstić information content (AvgIpc) is 3.38. The van der Waals surface area contributed by atoms with Crippen LogP contribution in [0.15, 0.2) is 12.2 Å². The predicted molar refractivity (Wildman–Crippen MR) is 133 cm³/mol. The van der Waals surface area contributed by atoms with E-state index < -0.39 is 5.41 Å². The molecule has 0 aromatic rings. The van der Waals surface area contributed by atoms with Gasteiger partial charge in [-0.25, -0.2) is 0 Å². The molecular weight excluding hydrogens is 444 g/mol. The van der Waals surface area contributed by atoms with Crippen LogP contribution in [-0.2, 0) is 19.2 Å². The quantitative estimate of drug-likeness (QED) is 0.599. The van der Waals surface area contributed by atoms with Gasteiger partial charge in [-0.15, -0.1) is 0 Å². The number of piperidine rings is 2. The molecule has 2 N–H and O–H groups in total. The zero-order valence-electron chi connectivity index (χ0n) is 21.2. The van der Waals surface area contributed by atoms with Crippen molar-refractivity contribution in [1.82, 2.24) is 20.4 Å². The van der Waals surface area contributed by atoms with Gasteiger partial charge < -0.3 is 20.4 Å². The van der Waals surface area contributed by atoms with Crippen LogP contribution in [0.25, 0.3) is 0 Å². The minimum Gasteiger partial charge on any atom is -0.351 e. The van der Waals surface area contributed by atoms with Crippen molar-refractivity contribution in [3.63, 3.8) is 0 Å². The van der Waals surface area contributed by atoms with Crippen molar-refractivity contribution in [1.29, 1.82) is 0 Å². The van der Waals surface area contributed by atoms with Crippen LogP contribution in [0, 0.1) is 17.3 Å². The second-order valence-electron chi connectivity index (χ2n) is 11.1. The van der Waals surface area contributed by atoms with Gasteiger partial charge in [0, 0.05) is 51.5 Å². The highest BCUT2D eigenvalue weighted by Gasteiger charge is 2.41. The van der Waals surface area contributed by atoms with Crippen LogP contribution in [0.4, 0.5) is 0 Å². The second-order valence-corrected chi connectivity index (χ2v) is 11.1. The Kier molecular flexibility index (Phi) is 8.50. The lowest BCUT2D eigenvalue weighted by molar-refractivity contribution is -0.140. The zero-order chi connectivity index (χ0) is 24.8. The van der Waals surface area contributed by atoms with Crippen LogP contribution in [0.3, 0.4) is 0 Å². The molecule has 0 aromatic heterocycles. The molecule has 35 heavy (non-hydrogen) atoms. The Morgan fingerprint density at radius 2 is 1.77 bits per heavy atom. The summed E-state index contributed by atoms with van der Waals surface area (Å²) in [5.41, 5.74) is -0.587. The molecule has 3 aliphatic heterocycles. The molecule has 4 amide bonds. The summed E-state index contributed by atoms with van der Waals surface area (Å²) >= 11 is 0. The molecule has 1 spiro atoms. The number of allylic oxidation sites excluding steroid dienone is 2. The Bertz CT molecular complexity index is 827. The molecule has 4 aliphatic rings. The lowest BCUT2D eigenvalue weighted by Crippen LogP contribution is -2.55. The molecular formula is C27H42N4O4. The molecule has 2 atom stereocenters. The van der Waals surface area contributed by atoms with Gasteiger partial charge in [0.2, 0.25) is 23.6 Å². The molecule has 0 bridgehead atoms. The summed E-state index contributed by atoms with van der Waals surface area (Å²) in [5, 5.41) is 6.00. The Hall–Kier alpha value is -2.38. The third-order valence-corrected chi connectivity index (χ3v) is 8.85. The maximum absolute atomic E-state index is 13.1. The molecule has 0 radical (unpaired) electrons. The van der Waals surface area contributed by atoms with E-state index in [4.69, 9.17) is 0 Å². The fourth-order valence-corrected chi connectivity index (χ4v) is 6.43. The lowest BCUT2D eigenvalue weighted by Gasteiger charge is -2.41. The maximum Gasteiger partial charge on any atom is 0.239 e. The van der Waals surface area contributed by atoms with E-state index in [9.17, 15) is 19.2 Å². The van der Waals surface area contributed by atoms with Crippen molar-refractivity contribution >= 4 is 23.6 Å². The highest BCUT2D eigenvalue weighted by Crippen LogP contribution is 2.36. The first-order valence-corrected chi connectivity index (χ1v) is 13.6. The molecule has 3 fully saturated rings. The minimum atomic E-state index is -0.587. The lowest BCUT2D eigenvalue weighted by atomic mass is 9.74. The maximum atomic E-state index is 13.1. The van der Waals surface area contributed by atoms with Crippen molar-refractivity contribution in [2.45, 2.75) is 83.6 Å². The molecule has 1 aliphatic carbocycles. The van der Waals surface area contributed by atoms with Crippen LogP contribution >= 0.6 is 0 Å². The van der Waals surface area contributed by atoms with Gasteiger partial charge in [0.05, 0.1) is 12.0 Å². The van der Waals surface area contributed by atoms with Gasteiger partial charge in [0.25, 0.3) is 0 Å². The minimum absolute atomic E-state index is 0.00938. The monoisotopic (exact) mass is 486 g/mol. The molecule has 4 rings (SSSR count). The Labute approximate surface area is 209 Å². The smallest absolute Gasteiger partial charge is 0.239 e. The summed E-state index contributed by atoms with van der Waals surface area (Å²) in [4.78, 5) is 54.3. The van der Waals surface area contributed by atoms with E-state index in [1.54, 1.807) is 11.8 Å². The van der Waals surface area contributed by atoms with Crippen molar-refractivity contribution < 1.29 is 19.2 Å². The number of fused-ring (bicyclic) bond motifs is 1. The van der Waals surface area contributed by atoms with Crippen LogP contribution in [0.2, 0.25) is 0 Å². The Balaban J connectivity index is 1.39. The molecule has 194 valence electrons. The summed E-state index contributed by atoms with van der Waals surface area (Å²) in [5.74, 6) is 0.902. The largest absolute Gasteiger partial charge is 0.351 e. The van der Waals surface area contributed by atoms with E-state index in [2.05, 4.69) is 22.8 Å². The van der Waals surface area contributed by atoms with E-state index in [1.165, 1.54) is 25.7 Å². The fraction of sp³-hybridized carbons (Fsp3) is 0.778. The van der Waals surface area contributed by atoms with E-state index in [-0.39, 0.29) is 42.1 Å². The van der Waals surface area contributed by atoms with Crippen LogP contribution in [0.5, 0.6) is 0 Å². The van der Waals surface area contributed by atoms with Gasteiger partial charge >= 0.3 is 0 Å². The van der Waals surface area contributed by atoms with Crippen LogP contribution < -0.4 is 10.6 Å². The number of nitrogens with one attached hydrogen (secondary N) is 2. The predicted octanol–water partition coefficient (Wildman–Crippen LogP) is 2.39. The molecule has 8 nitrogen and oxygen atoms in total. The van der Waals surface area contributed by atoms with Gasteiger partial charge in [0.15, 0.2) is 0 Å². The third kappa shape index (κ3) is 6.44.